The second-order valence-electron chi connectivity index (χ2n) is 3.74. The topological polar surface area (TPSA) is 35.5 Å². The molecule has 3 nitrogen and oxygen atoms in total. The van der Waals surface area contributed by atoms with Gasteiger partial charge in [-0.2, -0.15) is 0 Å². The standard InChI is InChI=1S/C6H13N.C4H11NO.CH4/c1-7-5-3-2-4-6-7;1-4(3-6)5-2;/h2-6H2,1H3;4-6H,3H2,1-2H3;1H4/t;4-;/m.1./s1. The molecule has 14 heavy (non-hydrogen) atoms. The zero-order chi connectivity index (χ0) is 10.1. The van der Waals surface area contributed by atoms with Gasteiger partial charge in [-0.1, -0.05) is 13.8 Å². The van der Waals surface area contributed by atoms with E-state index in [0.717, 1.165) is 0 Å². The van der Waals surface area contributed by atoms with Gasteiger partial charge >= 0.3 is 0 Å². The molecule has 3 heteroatoms. The number of aliphatic hydroxyl groups is 1. The van der Waals surface area contributed by atoms with E-state index in [9.17, 15) is 0 Å². The Morgan fingerprint density at radius 1 is 1.29 bits per heavy atom. The molecule has 0 unspecified atom stereocenters. The summed E-state index contributed by atoms with van der Waals surface area (Å²) in [7, 11) is 4.01. The fourth-order valence-electron chi connectivity index (χ4n) is 1.14. The molecule has 1 fully saturated rings. The van der Waals surface area contributed by atoms with Crippen LogP contribution in [0.1, 0.15) is 33.6 Å². The van der Waals surface area contributed by atoms with Crippen molar-refractivity contribution in [2.45, 2.75) is 39.7 Å². The van der Waals surface area contributed by atoms with E-state index < -0.39 is 0 Å². The molecule has 1 saturated heterocycles. The van der Waals surface area contributed by atoms with Gasteiger partial charge in [0.15, 0.2) is 0 Å². The van der Waals surface area contributed by atoms with E-state index >= 15 is 0 Å². The molecule has 1 aliphatic rings. The Balaban J connectivity index is 0. The van der Waals surface area contributed by atoms with Crippen molar-refractivity contribution in [2.24, 2.45) is 0 Å². The van der Waals surface area contributed by atoms with E-state index in [4.69, 9.17) is 5.11 Å². The lowest BCUT2D eigenvalue weighted by Crippen LogP contribution is -2.24. The lowest BCUT2D eigenvalue weighted by atomic mass is 10.1. The highest BCUT2D eigenvalue weighted by Gasteiger charge is 2.02. The number of likely N-dealkylation sites (tertiary alicyclic amines) is 1. The predicted molar refractivity (Wildman–Crippen MR) is 63.7 cm³/mol. The molecule has 2 N–H and O–H groups in total. The van der Waals surface area contributed by atoms with Crippen molar-refractivity contribution in [3.63, 3.8) is 0 Å². The normalized spacial score (nSPS) is 18.9. The van der Waals surface area contributed by atoms with E-state index in [2.05, 4.69) is 17.3 Å². The van der Waals surface area contributed by atoms with E-state index in [1.165, 1.54) is 32.4 Å². The molecule has 1 aliphatic heterocycles. The van der Waals surface area contributed by atoms with Crippen molar-refractivity contribution >= 4 is 0 Å². The van der Waals surface area contributed by atoms with E-state index in [0.29, 0.717) is 0 Å². The van der Waals surface area contributed by atoms with Gasteiger partial charge in [-0.05, 0) is 47.0 Å². The minimum atomic E-state index is 0. The van der Waals surface area contributed by atoms with Crippen molar-refractivity contribution in [1.82, 2.24) is 10.2 Å². The Labute approximate surface area is 89.5 Å². The van der Waals surface area contributed by atoms with Crippen LogP contribution in [0.5, 0.6) is 0 Å². The second kappa shape index (κ2) is 11.0. The lowest BCUT2D eigenvalue weighted by molar-refractivity contribution is 0.258. The van der Waals surface area contributed by atoms with Gasteiger partial charge in [-0.15, -0.1) is 0 Å². The number of nitrogens with one attached hydrogen (secondary N) is 1. The number of aliphatic hydroxyl groups excluding tert-OH is 1. The molecule has 88 valence electrons. The number of nitrogens with zero attached hydrogens (tertiary/aromatic N) is 1. The van der Waals surface area contributed by atoms with E-state index in [1.807, 2.05) is 14.0 Å². The highest BCUT2D eigenvalue weighted by atomic mass is 16.3. The second-order valence-corrected chi connectivity index (χ2v) is 3.74. The number of piperidine rings is 1. The first kappa shape index (κ1) is 16.3. The maximum Gasteiger partial charge on any atom is 0.0581 e. The van der Waals surface area contributed by atoms with Gasteiger partial charge in [-0.25, -0.2) is 0 Å². The number of likely N-dealkylation sites (N-methyl/N-ethyl adjacent to an activating group) is 1. The number of hydrogen-bond acceptors (Lipinski definition) is 3. The molecule has 0 radical (unpaired) electrons. The third kappa shape index (κ3) is 9.96. The minimum Gasteiger partial charge on any atom is -0.395 e. The Bertz CT molecular complexity index is 99.5. The summed E-state index contributed by atoms with van der Waals surface area (Å²) in [4.78, 5) is 2.39. The summed E-state index contributed by atoms with van der Waals surface area (Å²) >= 11 is 0. The molecule has 0 aromatic heterocycles. The molecule has 1 heterocycles. The monoisotopic (exact) mass is 204 g/mol. The van der Waals surface area contributed by atoms with Crippen LogP contribution in [0.2, 0.25) is 0 Å². The third-order valence-electron chi connectivity index (χ3n) is 2.35. The van der Waals surface area contributed by atoms with Crippen molar-refractivity contribution in [1.29, 1.82) is 0 Å². The van der Waals surface area contributed by atoms with Gasteiger partial charge in [0.25, 0.3) is 0 Å². The average molecular weight is 204 g/mol. The molecule has 0 aromatic carbocycles. The SMILES string of the molecule is C.CN1CCCCC1.CN[C@H](C)CO. The van der Waals surface area contributed by atoms with Crippen LogP contribution in [0.4, 0.5) is 0 Å². The predicted octanol–water partition coefficient (Wildman–Crippen LogP) is 1.32. The largest absolute Gasteiger partial charge is 0.395 e. The first-order valence-electron chi connectivity index (χ1n) is 5.17. The van der Waals surface area contributed by atoms with Crippen molar-refractivity contribution in [2.75, 3.05) is 33.8 Å². The van der Waals surface area contributed by atoms with Crippen molar-refractivity contribution in [3.8, 4) is 0 Å². The maximum atomic E-state index is 8.27. The fraction of sp³-hybridized carbons (Fsp3) is 1.00. The zero-order valence-corrected chi connectivity index (χ0v) is 9.21. The quantitative estimate of drug-likeness (QED) is 0.712. The van der Waals surface area contributed by atoms with Crippen LogP contribution < -0.4 is 5.32 Å². The lowest BCUT2D eigenvalue weighted by Gasteiger charge is -2.20. The van der Waals surface area contributed by atoms with Crippen LogP contribution >= 0.6 is 0 Å². The molecular formula is C11H28N2O. The van der Waals surface area contributed by atoms with Gasteiger partial charge in [0.2, 0.25) is 0 Å². The summed E-state index contributed by atoms with van der Waals surface area (Å²) in [6.07, 6.45) is 4.28. The van der Waals surface area contributed by atoms with Crippen LogP contribution in [-0.2, 0) is 0 Å². The van der Waals surface area contributed by atoms with Crippen LogP contribution in [0.3, 0.4) is 0 Å². The molecule has 0 amide bonds. The third-order valence-corrected chi connectivity index (χ3v) is 2.35. The van der Waals surface area contributed by atoms with Crippen molar-refractivity contribution < 1.29 is 5.11 Å². The van der Waals surface area contributed by atoms with Crippen LogP contribution in [0, 0.1) is 0 Å². The summed E-state index contributed by atoms with van der Waals surface area (Å²) in [5, 5.41) is 11.1. The Hall–Kier alpha value is -0.120. The molecular weight excluding hydrogens is 176 g/mol. The van der Waals surface area contributed by atoms with E-state index in [-0.39, 0.29) is 20.1 Å². The summed E-state index contributed by atoms with van der Waals surface area (Å²) in [6, 6.07) is 0.241. The summed E-state index contributed by atoms with van der Waals surface area (Å²) < 4.78 is 0. The summed E-state index contributed by atoms with van der Waals surface area (Å²) in [5.74, 6) is 0. The van der Waals surface area contributed by atoms with Gasteiger partial charge < -0.3 is 15.3 Å². The molecule has 0 aliphatic carbocycles. The fourth-order valence-corrected chi connectivity index (χ4v) is 1.14. The van der Waals surface area contributed by atoms with Crippen molar-refractivity contribution in [3.05, 3.63) is 0 Å². The van der Waals surface area contributed by atoms with Gasteiger partial charge in [0.05, 0.1) is 6.61 Å². The van der Waals surface area contributed by atoms with Crippen LogP contribution in [0.25, 0.3) is 0 Å². The summed E-state index contributed by atoms with van der Waals surface area (Å²) in [5.41, 5.74) is 0. The van der Waals surface area contributed by atoms with Gasteiger partial charge in [0, 0.05) is 6.04 Å². The molecule has 0 bridgehead atoms. The highest BCUT2D eigenvalue weighted by Crippen LogP contribution is 2.04. The summed E-state index contributed by atoms with van der Waals surface area (Å²) in [6.45, 7) is 4.77. The Morgan fingerprint density at radius 3 is 1.93 bits per heavy atom. The zero-order valence-electron chi connectivity index (χ0n) is 9.21. The Kier molecular flexibility index (Phi) is 12.8. The van der Waals surface area contributed by atoms with Gasteiger partial charge in [0.1, 0.15) is 0 Å². The molecule has 1 rings (SSSR count). The minimum absolute atomic E-state index is 0. The molecule has 0 saturated carbocycles. The molecule has 0 spiro atoms. The first-order chi connectivity index (χ1) is 6.20. The maximum absolute atomic E-state index is 8.27. The molecule has 0 aromatic rings. The van der Waals surface area contributed by atoms with Gasteiger partial charge in [-0.3, -0.25) is 0 Å². The van der Waals surface area contributed by atoms with Crippen LogP contribution in [-0.4, -0.2) is 49.8 Å². The highest BCUT2D eigenvalue weighted by molar-refractivity contribution is 4.58. The Morgan fingerprint density at radius 2 is 1.79 bits per heavy atom. The number of rotatable bonds is 2. The average Bonchev–Trinajstić information content (AvgIpc) is 2.19. The smallest absolute Gasteiger partial charge is 0.0581 e. The van der Waals surface area contributed by atoms with E-state index in [1.54, 1.807) is 0 Å². The van der Waals surface area contributed by atoms with Crippen LogP contribution in [0.15, 0.2) is 0 Å². The molecule has 1 atom stereocenters. The first-order valence-corrected chi connectivity index (χ1v) is 5.17. The number of hydrogen-bond donors (Lipinski definition) is 2.